The Kier molecular flexibility index (Phi) is 1.98. The zero-order chi connectivity index (χ0) is 8.43. The van der Waals surface area contributed by atoms with Crippen LogP contribution in [0.25, 0.3) is 0 Å². The molecule has 1 aromatic rings. The molecule has 5 N–H and O–H groups in total. The van der Waals surface area contributed by atoms with Crippen molar-refractivity contribution in [1.82, 2.24) is 0 Å². The molecule has 4 nitrogen and oxygen atoms in total. The molecule has 0 amide bonds. The maximum atomic E-state index is 9.03. The van der Waals surface area contributed by atoms with Gasteiger partial charge in [0.15, 0.2) is 6.29 Å². The number of nitrogens with two attached hydrogens (primary N) is 1. The predicted molar refractivity (Wildman–Crippen MR) is 39.7 cm³/mol. The molecule has 0 fully saturated rings. The maximum absolute atomic E-state index is 9.03. The minimum atomic E-state index is -1.68. The Hall–Kier alpha value is -1.26. The van der Waals surface area contributed by atoms with Crippen molar-refractivity contribution >= 4 is 5.69 Å². The first-order valence-electron chi connectivity index (χ1n) is 3.06. The summed E-state index contributed by atoms with van der Waals surface area (Å²) < 4.78 is 0. The number of aromatic hydroxyl groups is 1. The minimum absolute atomic E-state index is 0.0185. The second-order valence-corrected chi connectivity index (χ2v) is 2.19. The standard InChI is InChI=1S/C7H9NO3/c8-4-1-2-6(9)5(3-4)7(10)11/h1-3,7,9-11H,8H2. The van der Waals surface area contributed by atoms with Crippen molar-refractivity contribution in [2.75, 3.05) is 5.73 Å². The Morgan fingerprint density at radius 2 is 1.91 bits per heavy atom. The molecule has 0 aliphatic rings. The van der Waals surface area contributed by atoms with Gasteiger partial charge in [-0.1, -0.05) is 0 Å². The molecule has 0 aliphatic heterocycles. The van der Waals surface area contributed by atoms with Gasteiger partial charge in [0.1, 0.15) is 5.75 Å². The largest absolute Gasteiger partial charge is 0.507 e. The number of aliphatic hydroxyl groups is 2. The minimum Gasteiger partial charge on any atom is -0.507 e. The van der Waals surface area contributed by atoms with Gasteiger partial charge in [0, 0.05) is 5.69 Å². The summed E-state index contributed by atoms with van der Waals surface area (Å²) in [6, 6.07) is 4.09. The molecule has 0 saturated heterocycles. The highest BCUT2D eigenvalue weighted by molar-refractivity contribution is 5.47. The fourth-order valence-corrected chi connectivity index (χ4v) is 0.780. The lowest BCUT2D eigenvalue weighted by Crippen LogP contribution is -1.96. The Bertz CT molecular complexity index is 260. The van der Waals surface area contributed by atoms with E-state index in [0.29, 0.717) is 5.69 Å². The monoisotopic (exact) mass is 155 g/mol. The van der Waals surface area contributed by atoms with Crippen LogP contribution in [0.15, 0.2) is 18.2 Å². The van der Waals surface area contributed by atoms with Gasteiger partial charge >= 0.3 is 0 Å². The topological polar surface area (TPSA) is 86.7 Å². The van der Waals surface area contributed by atoms with Crippen molar-refractivity contribution in [2.24, 2.45) is 0 Å². The van der Waals surface area contributed by atoms with Gasteiger partial charge in [-0.3, -0.25) is 0 Å². The van der Waals surface area contributed by atoms with Crippen LogP contribution in [0.5, 0.6) is 5.75 Å². The molecular formula is C7H9NO3. The van der Waals surface area contributed by atoms with Crippen LogP contribution >= 0.6 is 0 Å². The summed E-state index contributed by atoms with van der Waals surface area (Å²) in [4.78, 5) is 0. The number of anilines is 1. The van der Waals surface area contributed by atoms with Gasteiger partial charge in [-0.15, -0.1) is 0 Å². The quantitative estimate of drug-likeness (QED) is 0.260. The van der Waals surface area contributed by atoms with Gasteiger partial charge in [0.2, 0.25) is 0 Å². The van der Waals surface area contributed by atoms with E-state index in [1.807, 2.05) is 0 Å². The number of phenolic OH excluding ortho intramolecular Hbond substituents is 1. The van der Waals surface area contributed by atoms with Crippen LogP contribution in [-0.4, -0.2) is 15.3 Å². The van der Waals surface area contributed by atoms with Crippen LogP contribution in [0.1, 0.15) is 11.9 Å². The fourth-order valence-electron chi connectivity index (χ4n) is 0.780. The summed E-state index contributed by atoms with van der Waals surface area (Å²) in [7, 11) is 0. The molecule has 1 aromatic carbocycles. The third kappa shape index (κ3) is 1.60. The van der Waals surface area contributed by atoms with Gasteiger partial charge in [0.25, 0.3) is 0 Å². The van der Waals surface area contributed by atoms with Crippen LogP contribution in [0.2, 0.25) is 0 Å². The molecule has 0 bridgehead atoms. The summed E-state index contributed by atoms with van der Waals surface area (Å²) in [5.74, 6) is -0.172. The number of hydrogen-bond donors (Lipinski definition) is 4. The van der Waals surface area contributed by atoms with Crippen molar-refractivity contribution in [1.29, 1.82) is 0 Å². The number of aliphatic hydroxyl groups excluding tert-OH is 1. The van der Waals surface area contributed by atoms with Gasteiger partial charge in [-0.05, 0) is 18.2 Å². The summed E-state index contributed by atoms with van der Waals surface area (Å²) in [5.41, 5.74) is 5.73. The molecule has 0 atom stereocenters. The van der Waals surface area contributed by atoms with Crippen molar-refractivity contribution in [3.63, 3.8) is 0 Å². The number of benzene rings is 1. The molecule has 0 heterocycles. The normalized spacial score (nSPS) is 10.5. The third-order valence-corrected chi connectivity index (χ3v) is 1.33. The molecule has 1 rings (SSSR count). The van der Waals surface area contributed by atoms with E-state index >= 15 is 0 Å². The highest BCUT2D eigenvalue weighted by Gasteiger charge is 2.07. The van der Waals surface area contributed by atoms with Crippen LogP contribution in [-0.2, 0) is 0 Å². The van der Waals surface area contributed by atoms with Crippen LogP contribution in [0.3, 0.4) is 0 Å². The number of nitrogen functional groups attached to an aromatic ring is 1. The van der Waals surface area contributed by atoms with Gasteiger partial charge in [-0.25, -0.2) is 0 Å². The van der Waals surface area contributed by atoms with Crippen LogP contribution in [0.4, 0.5) is 5.69 Å². The first-order chi connectivity index (χ1) is 5.11. The average molecular weight is 155 g/mol. The van der Waals surface area contributed by atoms with E-state index in [-0.39, 0.29) is 11.3 Å². The van der Waals surface area contributed by atoms with Crippen molar-refractivity contribution in [2.45, 2.75) is 6.29 Å². The molecule has 11 heavy (non-hydrogen) atoms. The first kappa shape index (κ1) is 7.84. The van der Waals surface area contributed by atoms with Crippen molar-refractivity contribution in [3.8, 4) is 5.75 Å². The molecule has 60 valence electrons. The molecule has 0 saturated carbocycles. The second-order valence-electron chi connectivity index (χ2n) is 2.19. The molecular weight excluding hydrogens is 146 g/mol. The molecule has 0 spiro atoms. The number of phenols is 1. The molecule has 0 unspecified atom stereocenters. The predicted octanol–water partition coefficient (Wildman–Crippen LogP) is -0.0424. The molecule has 0 radical (unpaired) electrons. The Morgan fingerprint density at radius 1 is 1.27 bits per heavy atom. The zero-order valence-electron chi connectivity index (χ0n) is 5.73. The average Bonchev–Trinajstić information content (AvgIpc) is 1.94. The molecule has 0 aliphatic carbocycles. The summed E-state index contributed by atoms with van der Waals surface area (Å²) in [5, 5.41) is 26.4. The van der Waals surface area contributed by atoms with Gasteiger partial charge in [0.05, 0.1) is 5.56 Å². The van der Waals surface area contributed by atoms with E-state index in [1.165, 1.54) is 18.2 Å². The van der Waals surface area contributed by atoms with E-state index in [9.17, 15) is 0 Å². The van der Waals surface area contributed by atoms with Crippen molar-refractivity contribution in [3.05, 3.63) is 23.8 Å². The first-order valence-corrected chi connectivity index (χ1v) is 3.06. The smallest absolute Gasteiger partial charge is 0.182 e. The fraction of sp³-hybridized carbons (Fsp3) is 0.143. The third-order valence-electron chi connectivity index (χ3n) is 1.33. The SMILES string of the molecule is Nc1ccc(O)c(C(O)O)c1. The summed E-state index contributed by atoms with van der Waals surface area (Å²) in [6.45, 7) is 0. The lowest BCUT2D eigenvalue weighted by molar-refractivity contribution is -0.0438. The Balaban J connectivity index is 3.13. The summed E-state index contributed by atoms with van der Waals surface area (Å²) in [6.07, 6.45) is -1.68. The van der Waals surface area contributed by atoms with Gasteiger partial charge < -0.3 is 21.1 Å². The lowest BCUT2D eigenvalue weighted by atomic mass is 10.2. The van der Waals surface area contributed by atoms with E-state index in [2.05, 4.69) is 0 Å². The van der Waals surface area contributed by atoms with Crippen LogP contribution < -0.4 is 5.73 Å². The lowest BCUT2D eigenvalue weighted by Gasteiger charge is -2.06. The number of rotatable bonds is 1. The van der Waals surface area contributed by atoms with E-state index < -0.39 is 6.29 Å². The van der Waals surface area contributed by atoms with Gasteiger partial charge in [-0.2, -0.15) is 0 Å². The maximum Gasteiger partial charge on any atom is 0.182 e. The molecule has 0 aromatic heterocycles. The van der Waals surface area contributed by atoms with Crippen molar-refractivity contribution < 1.29 is 15.3 Å². The number of hydrogen-bond acceptors (Lipinski definition) is 4. The van der Waals surface area contributed by atoms with E-state index in [4.69, 9.17) is 21.1 Å². The highest BCUT2D eigenvalue weighted by Crippen LogP contribution is 2.24. The second kappa shape index (κ2) is 2.77. The van der Waals surface area contributed by atoms with E-state index in [1.54, 1.807) is 0 Å². The highest BCUT2D eigenvalue weighted by atomic mass is 16.5. The Morgan fingerprint density at radius 3 is 2.36 bits per heavy atom. The van der Waals surface area contributed by atoms with E-state index in [0.717, 1.165) is 0 Å². The summed E-state index contributed by atoms with van der Waals surface area (Å²) >= 11 is 0. The molecule has 4 heteroatoms. The Labute approximate surface area is 63.5 Å². The van der Waals surface area contributed by atoms with Crippen LogP contribution in [0, 0.1) is 0 Å². The zero-order valence-corrected chi connectivity index (χ0v) is 5.73.